The summed E-state index contributed by atoms with van der Waals surface area (Å²) in [5, 5.41) is 4.26. The molecule has 2 aromatic rings. The molecule has 102 valence electrons. The van der Waals surface area contributed by atoms with E-state index in [-0.39, 0.29) is 5.82 Å². The zero-order valence-corrected chi connectivity index (χ0v) is 13.6. The highest BCUT2D eigenvalue weighted by Crippen LogP contribution is 2.30. The number of nitrogens with zero attached hydrogens (tertiary/aromatic N) is 2. The van der Waals surface area contributed by atoms with E-state index in [1.54, 1.807) is 18.3 Å². The van der Waals surface area contributed by atoms with Gasteiger partial charge in [0.05, 0.1) is 22.4 Å². The topological polar surface area (TPSA) is 43.8 Å². The van der Waals surface area contributed by atoms with Crippen LogP contribution in [0.5, 0.6) is 0 Å². The van der Waals surface area contributed by atoms with Gasteiger partial charge in [0, 0.05) is 16.6 Å². The number of hydrogen-bond acceptors (Lipinski definition) is 2. The molecule has 0 fully saturated rings. The van der Waals surface area contributed by atoms with Crippen molar-refractivity contribution in [2.45, 2.75) is 25.9 Å². The smallest absolute Gasteiger partial charge is 0.128 e. The molecule has 0 saturated carbocycles. The van der Waals surface area contributed by atoms with Gasteiger partial charge in [0.15, 0.2) is 0 Å². The molecule has 6 heteroatoms. The second-order valence-corrected chi connectivity index (χ2v) is 6.01. The molecule has 0 aliphatic heterocycles. The first kappa shape index (κ1) is 14.7. The Morgan fingerprint density at radius 3 is 2.84 bits per heavy atom. The minimum Gasteiger partial charge on any atom is -0.319 e. The summed E-state index contributed by atoms with van der Waals surface area (Å²) in [6.45, 7) is 2.81. The maximum atomic E-state index is 13.9. The van der Waals surface area contributed by atoms with E-state index in [1.165, 1.54) is 6.07 Å². The zero-order valence-electron chi connectivity index (χ0n) is 10.4. The molecule has 0 spiro atoms. The Bertz CT molecular complexity index is 583. The van der Waals surface area contributed by atoms with E-state index in [0.29, 0.717) is 5.56 Å². The van der Waals surface area contributed by atoms with Crippen LogP contribution in [0, 0.1) is 5.82 Å². The molecule has 1 atom stereocenters. The highest BCUT2D eigenvalue weighted by molar-refractivity contribution is 9.10. The monoisotopic (exact) mass is 389 g/mol. The summed E-state index contributed by atoms with van der Waals surface area (Å²) in [6.07, 6.45) is 2.63. The van der Waals surface area contributed by atoms with Gasteiger partial charge in [0.1, 0.15) is 5.82 Å². The van der Waals surface area contributed by atoms with Gasteiger partial charge >= 0.3 is 0 Å². The van der Waals surface area contributed by atoms with Crippen molar-refractivity contribution in [2.75, 3.05) is 0 Å². The van der Waals surface area contributed by atoms with Gasteiger partial charge in [0.25, 0.3) is 0 Å². The van der Waals surface area contributed by atoms with Gasteiger partial charge < -0.3 is 5.73 Å². The predicted octanol–water partition coefficient (Wildman–Crippen LogP) is 4.01. The molecule has 1 aromatic heterocycles. The van der Waals surface area contributed by atoms with E-state index < -0.39 is 6.04 Å². The fourth-order valence-corrected chi connectivity index (χ4v) is 2.89. The first-order chi connectivity index (χ1) is 9.04. The van der Waals surface area contributed by atoms with Crippen LogP contribution in [0.3, 0.4) is 0 Å². The average molecular weight is 391 g/mol. The van der Waals surface area contributed by atoms with Gasteiger partial charge in [-0.3, -0.25) is 4.68 Å². The van der Waals surface area contributed by atoms with Crippen molar-refractivity contribution >= 4 is 31.9 Å². The lowest BCUT2D eigenvalue weighted by atomic mass is 10.0. The predicted molar refractivity (Wildman–Crippen MR) is 80.3 cm³/mol. The van der Waals surface area contributed by atoms with Crippen LogP contribution in [0.2, 0.25) is 0 Å². The number of aromatic nitrogens is 2. The zero-order chi connectivity index (χ0) is 14.0. The van der Waals surface area contributed by atoms with Crippen molar-refractivity contribution in [1.29, 1.82) is 0 Å². The maximum Gasteiger partial charge on any atom is 0.128 e. The molecule has 19 heavy (non-hydrogen) atoms. The highest BCUT2D eigenvalue weighted by atomic mass is 79.9. The quantitative estimate of drug-likeness (QED) is 0.857. The Morgan fingerprint density at radius 1 is 1.42 bits per heavy atom. The molecule has 2 rings (SSSR count). The molecule has 0 saturated heterocycles. The summed E-state index contributed by atoms with van der Waals surface area (Å²) in [5.74, 6) is -0.313. The molecule has 0 radical (unpaired) electrons. The van der Waals surface area contributed by atoms with Crippen LogP contribution in [0.4, 0.5) is 4.39 Å². The first-order valence-corrected chi connectivity index (χ1v) is 7.55. The molecule has 1 heterocycles. The minimum atomic E-state index is -0.555. The Morgan fingerprint density at radius 2 is 2.16 bits per heavy atom. The molecule has 1 aromatic carbocycles. The van der Waals surface area contributed by atoms with Crippen molar-refractivity contribution in [3.8, 4) is 0 Å². The summed E-state index contributed by atoms with van der Waals surface area (Å²) < 4.78 is 17.3. The van der Waals surface area contributed by atoms with Gasteiger partial charge in [-0.2, -0.15) is 5.10 Å². The lowest BCUT2D eigenvalue weighted by Crippen LogP contribution is -2.19. The number of rotatable bonds is 4. The van der Waals surface area contributed by atoms with E-state index in [0.717, 1.165) is 27.6 Å². The van der Waals surface area contributed by atoms with Crippen molar-refractivity contribution in [3.63, 3.8) is 0 Å². The lowest BCUT2D eigenvalue weighted by Gasteiger charge is -2.16. The van der Waals surface area contributed by atoms with Crippen molar-refractivity contribution in [3.05, 3.63) is 50.4 Å². The lowest BCUT2D eigenvalue weighted by molar-refractivity contribution is 0.544. The highest BCUT2D eigenvalue weighted by Gasteiger charge is 2.21. The standard InChI is InChI=1S/C13H14Br2FN3/c1-2-5-19-13(10(15)7-18-19)12(17)9-6-8(14)3-4-11(9)16/h3-4,6-7,12H,2,5,17H2,1H3. The van der Waals surface area contributed by atoms with Gasteiger partial charge in [-0.25, -0.2) is 4.39 Å². The number of nitrogens with two attached hydrogens (primary N) is 1. The number of benzene rings is 1. The third-order valence-corrected chi connectivity index (χ3v) is 3.96. The van der Waals surface area contributed by atoms with E-state index in [1.807, 2.05) is 4.68 Å². The molecule has 0 aliphatic carbocycles. The molecular formula is C13H14Br2FN3. The van der Waals surface area contributed by atoms with Gasteiger partial charge in [-0.05, 0) is 40.5 Å². The molecule has 0 amide bonds. The van der Waals surface area contributed by atoms with Crippen LogP contribution in [-0.2, 0) is 6.54 Å². The average Bonchev–Trinajstić information content (AvgIpc) is 2.73. The number of hydrogen-bond donors (Lipinski definition) is 1. The number of halogens is 3. The van der Waals surface area contributed by atoms with Crippen LogP contribution in [-0.4, -0.2) is 9.78 Å². The van der Waals surface area contributed by atoms with Gasteiger partial charge in [0.2, 0.25) is 0 Å². The first-order valence-electron chi connectivity index (χ1n) is 5.96. The van der Waals surface area contributed by atoms with E-state index >= 15 is 0 Å². The fraction of sp³-hybridized carbons (Fsp3) is 0.308. The Labute approximate surface area is 128 Å². The van der Waals surface area contributed by atoms with Crippen LogP contribution < -0.4 is 5.73 Å². The van der Waals surface area contributed by atoms with Crippen molar-refractivity contribution in [1.82, 2.24) is 9.78 Å². The minimum absolute atomic E-state index is 0.313. The van der Waals surface area contributed by atoms with E-state index in [9.17, 15) is 4.39 Å². The number of aryl methyl sites for hydroxylation is 1. The molecule has 1 unspecified atom stereocenters. The summed E-state index contributed by atoms with van der Waals surface area (Å²) in [6, 6.07) is 4.22. The molecular weight excluding hydrogens is 377 g/mol. The van der Waals surface area contributed by atoms with Crippen LogP contribution in [0.25, 0.3) is 0 Å². The summed E-state index contributed by atoms with van der Waals surface area (Å²) in [4.78, 5) is 0. The Hall–Kier alpha value is -0.720. The second kappa shape index (κ2) is 6.15. The van der Waals surface area contributed by atoms with Crippen molar-refractivity contribution in [2.24, 2.45) is 5.73 Å². The van der Waals surface area contributed by atoms with E-state index in [4.69, 9.17) is 5.73 Å². The molecule has 3 nitrogen and oxygen atoms in total. The van der Waals surface area contributed by atoms with E-state index in [2.05, 4.69) is 43.9 Å². The summed E-state index contributed by atoms with van der Waals surface area (Å²) in [5.41, 5.74) is 7.45. The Kier molecular flexibility index (Phi) is 4.76. The molecule has 0 bridgehead atoms. The molecule has 2 N–H and O–H groups in total. The van der Waals surface area contributed by atoms with Gasteiger partial charge in [-0.1, -0.05) is 22.9 Å². The van der Waals surface area contributed by atoms with Crippen molar-refractivity contribution < 1.29 is 4.39 Å². The second-order valence-electron chi connectivity index (χ2n) is 4.24. The van der Waals surface area contributed by atoms with Gasteiger partial charge in [-0.15, -0.1) is 0 Å². The van der Waals surface area contributed by atoms with Crippen LogP contribution >= 0.6 is 31.9 Å². The summed E-state index contributed by atoms with van der Waals surface area (Å²) >= 11 is 6.77. The molecule has 0 aliphatic rings. The van der Waals surface area contributed by atoms with Crippen LogP contribution in [0.15, 0.2) is 33.3 Å². The SMILES string of the molecule is CCCn1ncc(Br)c1C(N)c1cc(Br)ccc1F. The van der Waals surface area contributed by atoms with Crippen LogP contribution in [0.1, 0.15) is 30.6 Å². The third-order valence-electron chi connectivity index (χ3n) is 2.86. The Balaban J connectivity index is 2.46. The largest absolute Gasteiger partial charge is 0.319 e. The normalized spacial score (nSPS) is 12.7. The summed E-state index contributed by atoms with van der Waals surface area (Å²) in [7, 11) is 0. The maximum absolute atomic E-state index is 13.9. The third kappa shape index (κ3) is 3.07. The fourth-order valence-electron chi connectivity index (χ4n) is 1.97.